The van der Waals surface area contributed by atoms with Crippen LogP contribution in [-0.2, 0) is 11.2 Å². The van der Waals surface area contributed by atoms with Crippen molar-refractivity contribution in [3.05, 3.63) is 71.9 Å². The maximum atomic E-state index is 14.5. The van der Waals surface area contributed by atoms with Crippen molar-refractivity contribution < 1.29 is 41.0 Å². The minimum atomic E-state index is -5.27. The number of aromatic nitrogens is 1. The molecule has 0 aliphatic carbocycles. The molecular formula is C24H21F6N3O3. The van der Waals surface area contributed by atoms with Crippen LogP contribution in [0.25, 0.3) is 10.9 Å². The molecule has 1 aliphatic rings. The second-order valence-corrected chi connectivity index (χ2v) is 8.56. The zero-order valence-electron chi connectivity index (χ0n) is 18.6. The van der Waals surface area contributed by atoms with Crippen LogP contribution in [0.4, 0.5) is 26.3 Å². The first-order valence-corrected chi connectivity index (χ1v) is 10.9. The van der Waals surface area contributed by atoms with Crippen LogP contribution >= 0.6 is 0 Å². The maximum absolute atomic E-state index is 14.5. The number of alkyl halides is 6. The number of piperazine rings is 1. The summed E-state index contributed by atoms with van der Waals surface area (Å²) < 4.78 is 85.5. The standard InChI is InChI=1S/C24H21F6N3O3/c25-23(26,27)19-12-32(22(36)14-6-2-1-3-7-14)18(21(24(28,29)30)33(19)13-20(34)35)10-15-11-31-17-9-5-4-8-16(15)17/h1-9,11,18-19,21,31H,10,12-13H2,(H,34,35)/t18-,19?,21?/m1/s1. The van der Waals surface area contributed by atoms with Crippen molar-refractivity contribution in [1.82, 2.24) is 14.8 Å². The Kier molecular flexibility index (Phi) is 6.74. The zero-order chi connectivity index (χ0) is 26.3. The number of para-hydroxylation sites is 1. The van der Waals surface area contributed by atoms with Gasteiger partial charge in [0.1, 0.15) is 12.1 Å². The summed E-state index contributed by atoms with van der Waals surface area (Å²) in [5.41, 5.74) is 0.884. The molecule has 2 N–H and O–H groups in total. The lowest BCUT2D eigenvalue weighted by Gasteiger charge is -2.51. The number of rotatable bonds is 5. The molecule has 3 aromatic rings. The summed E-state index contributed by atoms with van der Waals surface area (Å²) in [7, 11) is 0. The van der Waals surface area contributed by atoms with Gasteiger partial charge in [-0.1, -0.05) is 36.4 Å². The highest BCUT2D eigenvalue weighted by atomic mass is 19.4. The van der Waals surface area contributed by atoms with Crippen LogP contribution in [0.2, 0.25) is 0 Å². The van der Waals surface area contributed by atoms with Crippen LogP contribution in [-0.4, -0.2) is 75.3 Å². The first-order chi connectivity index (χ1) is 16.9. The average Bonchev–Trinajstić information content (AvgIpc) is 3.20. The fraction of sp³-hybridized carbons (Fsp3) is 0.333. The topological polar surface area (TPSA) is 76.6 Å². The monoisotopic (exact) mass is 513 g/mol. The molecule has 1 fully saturated rings. The van der Waals surface area contributed by atoms with Gasteiger partial charge in [0.25, 0.3) is 5.91 Å². The number of benzene rings is 2. The van der Waals surface area contributed by atoms with Gasteiger partial charge in [-0.2, -0.15) is 26.3 Å². The molecule has 1 amide bonds. The Bertz CT molecular complexity index is 1240. The molecule has 36 heavy (non-hydrogen) atoms. The Morgan fingerprint density at radius 2 is 1.58 bits per heavy atom. The summed E-state index contributed by atoms with van der Waals surface area (Å²) in [6.45, 7) is -2.64. The van der Waals surface area contributed by atoms with E-state index in [2.05, 4.69) is 4.98 Å². The Hall–Kier alpha value is -3.54. The van der Waals surface area contributed by atoms with E-state index in [0.717, 1.165) is 0 Å². The lowest BCUT2D eigenvalue weighted by molar-refractivity contribution is -0.260. The minimum absolute atomic E-state index is 0.0741. The van der Waals surface area contributed by atoms with E-state index in [1.54, 1.807) is 30.3 Å². The van der Waals surface area contributed by atoms with Gasteiger partial charge < -0.3 is 15.0 Å². The molecule has 0 saturated carbocycles. The molecule has 1 saturated heterocycles. The summed E-state index contributed by atoms with van der Waals surface area (Å²) in [6, 6.07) is 6.23. The predicted octanol–water partition coefficient (Wildman–Crippen LogP) is 4.48. The van der Waals surface area contributed by atoms with E-state index in [4.69, 9.17) is 0 Å². The predicted molar refractivity (Wildman–Crippen MR) is 117 cm³/mol. The fourth-order valence-electron chi connectivity index (χ4n) is 4.80. The van der Waals surface area contributed by atoms with Crippen LogP contribution < -0.4 is 0 Å². The lowest BCUT2D eigenvalue weighted by atomic mass is 9.90. The maximum Gasteiger partial charge on any atom is 0.406 e. The van der Waals surface area contributed by atoms with Crippen LogP contribution in [0, 0.1) is 0 Å². The highest BCUT2D eigenvalue weighted by Crippen LogP contribution is 2.41. The van der Waals surface area contributed by atoms with Crippen molar-refractivity contribution in [2.45, 2.75) is 36.9 Å². The van der Waals surface area contributed by atoms with Crippen LogP contribution in [0.5, 0.6) is 0 Å². The Morgan fingerprint density at radius 3 is 2.19 bits per heavy atom. The van der Waals surface area contributed by atoms with E-state index in [-0.39, 0.29) is 10.5 Å². The van der Waals surface area contributed by atoms with Crippen molar-refractivity contribution in [3.8, 4) is 0 Å². The molecule has 0 spiro atoms. The van der Waals surface area contributed by atoms with Crippen molar-refractivity contribution in [2.24, 2.45) is 0 Å². The molecule has 1 aromatic heterocycles. The molecule has 4 rings (SSSR count). The van der Waals surface area contributed by atoms with Gasteiger partial charge in [0.15, 0.2) is 0 Å². The number of H-pyrrole nitrogens is 1. The number of carboxylic acids is 1. The molecule has 3 atom stereocenters. The van der Waals surface area contributed by atoms with Crippen LogP contribution in [0.15, 0.2) is 60.8 Å². The van der Waals surface area contributed by atoms with Crippen molar-refractivity contribution in [1.29, 1.82) is 0 Å². The van der Waals surface area contributed by atoms with E-state index in [0.29, 0.717) is 21.4 Å². The molecule has 2 heterocycles. The number of halogens is 6. The van der Waals surface area contributed by atoms with Crippen molar-refractivity contribution in [3.63, 3.8) is 0 Å². The van der Waals surface area contributed by atoms with Gasteiger partial charge in [0, 0.05) is 29.2 Å². The van der Waals surface area contributed by atoms with Crippen molar-refractivity contribution in [2.75, 3.05) is 13.1 Å². The number of aromatic amines is 1. The highest BCUT2D eigenvalue weighted by molar-refractivity contribution is 5.94. The van der Waals surface area contributed by atoms with Gasteiger partial charge in [-0.3, -0.25) is 14.5 Å². The highest BCUT2D eigenvalue weighted by Gasteiger charge is 2.61. The Morgan fingerprint density at radius 1 is 0.944 bits per heavy atom. The number of nitrogens with one attached hydrogen (secondary N) is 1. The van der Waals surface area contributed by atoms with E-state index in [1.165, 1.54) is 30.5 Å². The number of carboxylic acid groups (broad SMARTS) is 1. The van der Waals surface area contributed by atoms with Gasteiger partial charge in [-0.05, 0) is 30.2 Å². The molecule has 2 aromatic carbocycles. The third-order valence-corrected chi connectivity index (χ3v) is 6.31. The second-order valence-electron chi connectivity index (χ2n) is 8.56. The molecule has 1 aliphatic heterocycles. The molecule has 0 radical (unpaired) electrons. The number of carbonyl (C=O) groups is 2. The van der Waals surface area contributed by atoms with Gasteiger partial charge in [-0.15, -0.1) is 0 Å². The molecule has 192 valence electrons. The van der Waals surface area contributed by atoms with E-state index in [9.17, 15) is 41.0 Å². The molecular weight excluding hydrogens is 492 g/mol. The summed E-state index contributed by atoms with van der Waals surface area (Å²) in [5, 5.41) is 9.76. The van der Waals surface area contributed by atoms with E-state index < -0.39 is 61.9 Å². The molecule has 0 bridgehead atoms. The van der Waals surface area contributed by atoms with E-state index >= 15 is 0 Å². The fourth-order valence-corrected chi connectivity index (χ4v) is 4.80. The number of hydrogen-bond donors (Lipinski definition) is 2. The summed E-state index contributed by atoms with van der Waals surface area (Å²) in [6.07, 6.45) is -9.50. The smallest absolute Gasteiger partial charge is 0.406 e. The lowest BCUT2D eigenvalue weighted by Crippen LogP contribution is -2.73. The first-order valence-electron chi connectivity index (χ1n) is 10.9. The summed E-state index contributed by atoms with van der Waals surface area (Å²) >= 11 is 0. The number of amides is 1. The minimum Gasteiger partial charge on any atom is -0.480 e. The normalized spacial score (nSPS) is 21.6. The average molecular weight is 513 g/mol. The van der Waals surface area contributed by atoms with Crippen LogP contribution in [0.1, 0.15) is 15.9 Å². The third-order valence-electron chi connectivity index (χ3n) is 6.31. The SMILES string of the molecule is O=C(O)CN1C(C(F)(F)F)CN(C(=O)c2ccccc2)[C@H](Cc2c[nH]c3ccccc23)C1C(F)(F)F. The van der Waals surface area contributed by atoms with Gasteiger partial charge in [0.2, 0.25) is 0 Å². The van der Waals surface area contributed by atoms with E-state index in [1.807, 2.05) is 0 Å². The first kappa shape index (κ1) is 25.5. The number of carbonyl (C=O) groups excluding carboxylic acids is 1. The largest absolute Gasteiger partial charge is 0.480 e. The Labute approximate surface area is 201 Å². The van der Waals surface area contributed by atoms with Crippen LogP contribution in [0.3, 0.4) is 0 Å². The molecule has 2 unspecified atom stereocenters. The second kappa shape index (κ2) is 9.49. The third kappa shape index (κ3) is 5.03. The molecule has 12 heteroatoms. The number of fused-ring (bicyclic) bond motifs is 1. The zero-order valence-corrected chi connectivity index (χ0v) is 18.6. The van der Waals surface area contributed by atoms with Crippen molar-refractivity contribution >= 4 is 22.8 Å². The molecule has 6 nitrogen and oxygen atoms in total. The Balaban J connectivity index is 1.87. The summed E-state index contributed by atoms with van der Waals surface area (Å²) in [4.78, 5) is 28.1. The van der Waals surface area contributed by atoms with Gasteiger partial charge in [-0.25, -0.2) is 0 Å². The van der Waals surface area contributed by atoms with Gasteiger partial charge in [0.05, 0.1) is 12.6 Å². The number of nitrogens with zero attached hydrogens (tertiary/aromatic N) is 2. The number of aliphatic carboxylic acids is 1. The summed E-state index contributed by atoms with van der Waals surface area (Å²) in [5.74, 6) is -2.84. The van der Waals surface area contributed by atoms with Gasteiger partial charge >= 0.3 is 18.3 Å². The number of hydrogen-bond acceptors (Lipinski definition) is 3. The quantitative estimate of drug-likeness (QED) is 0.494.